The minimum Gasteiger partial charge on any atom is -0.481 e. The van der Waals surface area contributed by atoms with Gasteiger partial charge in [-0.2, -0.15) is 4.98 Å². The lowest BCUT2D eigenvalue weighted by Gasteiger charge is -2.03. The fourth-order valence-corrected chi connectivity index (χ4v) is 2.08. The summed E-state index contributed by atoms with van der Waals surface area (Å²) >= 11 is 6.11. The highest BCUT2D eigenvalue weighted by Gasteiger charge is 2.11. The van der Waals surface area contributed by atoms with Crippen LogP contribution >= 0.6 is 11.6 Å². The van der Waals surface area contributed by atoms with Crippen LogP contribution in [0.25, 0.3) is 16.8 Å². The molecule has 96 valence electrons. The SMILES string of the molecule is COc1ccc(-c2cc(Cl)c3cnc(=O)[nH]n23)cn1. The molecule has 3 heterocycles. The van der Waals surface area contributed by atoms with Gasteiger partial charge in [0.25, 0.3) is 0 Å². The number of halogens is 1. The lowest BCUT2D eigenvalue weighted by molar-refractivity contribution is 0.398. The summed E-state index contributed by atoms with van der Waals surface area (Å²) in [7, 11) is 1.55. The number of H-pyrrole nitrogens is 1. The summed E-state index contributed by atoms with van der Waals surface area (Å²) in [5.41, 5.74) is 1.73. The number of hydrogen-bond donors (Lipinski definition) is 1. The summed E-state index contributed by atoms with van der Waals surface area (Å²) in [5.74, 6) is 0.519. The number of aromatic amines is 1. The molecule has 1 N–H and O–H groups in total. The van der Waals surface area contributed by atoms with Crippen LogP contribution in [0.4, 0.5) is 0 Å². The molecule has 0 bridgehead atoms. The van der Waals surface area contributed by atoms with Gasteiger partial charge in [0.1, 0.15) is 5.52 Å². The van der Waals surface area contributed by atoms with Crippen molar-refractivity contribution in [2.45, 2.75) is 0 Å². The van der Waals surface area contributed by atoms with Gasteiger partial charge in [0.05, 0.1) is 24.0 Å². The first-order chi connectivity index (χ1) is 9.19. The van der Waals surface area contributed by atoms with Crippen molar-refractivity contribution in [3.05, 3.63) is 46.1 Å². The Morgan fingerprint density at radius 3 is 2.84 bits per heavy atom. The number of rotatable bonds is 2. The molecule has 7 heteroatoms. The van der Waals surface area contributed by atoms with E-state index in [-0.39, 0.29) is 0 Å². The normalized spacial score (nSPS) is 10.8. The number of ether oxygens (including phenoxy) is 1. The van der Waals surface area contributed by atoms with Gasteiger partial charge < -0.3 is 4.74 Å². The second-order valence-electron chi connectivity index (χ2n) is 3.86. The Hall–Kier alpha value is -2.34. The molecule has 0 radical (unpaired) electrons. The van der Waals surface area contributed by atoms with E-state index in [1.807, 2.05) is 6.07 Å². The number of nitrogens with zero attached hydrogens (tertiary/aromatic N) is 3. The van der Waals surface area contributed by atoms with Crippen molar-refractivity contribution in [2.75, 3.05) is 7.11 Å². The third-order valence-corrected chi connectivity index (χ3v) is 3.05. The van der Waals surface area contributed by atoms with Crippen molar-refractivity contribution in [3.8, 4) is 17.1 Å². The lowest BCUT2D eigenvalue weighted by Crippen LogP contribution is -2.14. The maximum Gasteiger partial charge on any atom is 0.360 e. The summed E-state index contributed by atoms with van der Waals surface area (Å²) in [6.45, 7) is 0. The van der Waals surface area contributed by atoms with Crippen molar-refractivity contribution in [2.24, 2.45) is 0 Å². The van der Waals surface area contributed by atoms with Gasteiger partial charge in [-0.3, -0.25) is 0 Å². The number of hydrogen-bond acceptors (Lipinski definition) is 4. The maximum atomic E-state index is 11.3. The van der Waals surface area contributed by atoms with E-state index in [4.69, 9.17) is 16.3 Å². The fraction of sp³-hybridized carbons (Fsp3) is 0.0833. The zero-order chi connectivity index (χ0) is 13.4. The van der Waals surface area contributed by atoms with Crippen molar-refractivity contribution < 1.29 is 4.74 Å². The summed E-state index contributed by atoms with van der Waals surface area (Å²) in [4.78, 5) is 19.1. The van der Waals surface area contributed by atoms with Gasteiger partial charge >= 0.3 is 5.69 Å². The van der Waals surface area contributed by atoms with Crippen LogP contribution in [0, 0.1) is 0 Å². The monoisotopic (exact) mass is 276 g/mol. The molecule has 0 atom stereocenters. The minimum atomic E-state index is -0.442. The first-order valence-electron chi connectivity index (χ1n) is 5.46. The van der Waals surface area contributed by atoms with Crippen molar-refractivity contribution in [1.29, 1.82) is 0 Å². The Labute approximate surface area is 112 Å². The molecule has 0 aliphatic carbocycles. The number of nitrogens with one attached hydrogen (secondary N) is 1. The van der Waals surface area contributed by atoms with E-state index >= 15 is 0 Å². The van der Waals surface area contributed by atoms with E-state index < -0.39 is 5.69 Å². The first-order valence-corrected chi connectivity index (χ1v) is 5.83. The van der Waals surface area contributed by atoms with Crippen LogP contribution in [0.2, 0.25) is 5.02 Å². The quantitative estimate of drug-likeness (QED) is 0.774. The minimum absolute atomic E-state index is 0.442. The molecule has 3 aromatic rings. The molecule has 3 aromatic heterocycles. The molecule has 0 fully saturated rings. The number of methoxy groups -OCH3 is 1. The molecule has 19 heavy (non-hydrogen) atoms. The molecule has 0 saturated heterocycles. The van der Waals surface area contributed by atoms with Crippen molar-refractivity contribution in [1.82, 2.24) is 19.6 Å². The Balaban J connectivity index is 2.23. The van der Waals surface area contributed by atoms with E-state index in [0.717, 1.165) is 11.3 Å². The van der Waals surface area contributed by atoms with Crippen LogP contribution in [0.15, 0.2) is 35.4 Å². The van der Waals surface area contributed by atoms with Gasteiger partial charge in [0.15, 0.2) is 0 Å². The van der Waals surface area contributed by atoms with E-state index in [9.17, 15) is 4.79 Å². The van der Waals surface area contributed by atoms with Gasteiger partial charge in [0, 0.05) is 17.8 Å². The van der Waals surface area contributed by atoms with Crippen molar-refractivity contribution >= 4 is 17.1 Å². The summed E-state index contributed by atoms with van der Waals surface area (Å²) in [5, 5.41) is 3.12. The molecular formula is C12H9ClN4O2. The van der Waals surface area contributed by atoms with Crippen LogP contribution in [0.1, 0.15) is 0 Å². The summed E-state index contributed by atoms with van der Waals surface area (Å²) < 4.78 is 6.59. The molecule has 0 saturated carbocycles. The van der Waals surface area contributed by atoms with E-state index in [0.29, 0.717) is 16.4 Å². The number of aromatic nitrogens is 4. The van der Waals surface area contributed by atoms with Gasteiger partial charge in [-0.25, -0.2) is 19.4 Å². The molecule has 0 unspecified atom stereocenters. The summed E-state index contributed by atoms with van der Waals surface area (Å²) in [6, 6.07) is 5.32. The van der Waals surface area contributed by atoms with Crippen LogP contribution in [-0.2, 0) is 0 Å². The maximum absolute atomic E-state index is 11.3. The van der Waals surface area contributed by atoms with Crippen LogP contribution in [0.3, 0.4) is 0 Å². The predicted molar refractivity (Wildman–Crippen MR) is 70.6 cm³/mol. The topological polar surface area (TPSA) is 72.3 Å². The molecule has 0 aliphatic rings. The highest BCUT2D eigenvalue weighted by atomic mass is 35.5. The van der Waals surface area contributed by atoms with E-state index in [1.54, 1.807) is 30.0 Å². The molecule has 0 aromatic carbocycles. The lowest BCUT2D eigenvalue weighted by atomic mass is 10.2. The zero-order valence-corrected chi connectivity index (χ0v) is 10.7. The smallest absolute Gasteiger partial charge is 0.360 e. The second kappa shape index (κ2) is 4.40. The van der Waals surface area contributed by atoms with Gasteiger partial charge in [-0.15, -0.1) is 0 Å². The largest absolute Gasteiger partial charge is 0.481 e. The molecular weight excluding hydrogens is 268 g/mol. The van der Waals surface area contributed by atoms with Gasteiger partial charge in [-0.1, -0.05) is 11.6 Å². The first kappa shape index (κ1) is 11.7. The molecule has 0 spiro atoms. The zero-order valence-electron chi connectivity index (χ0n) is 9.92. The summed E-state index contributed by atoms with van der Waals surface area (Å²) in [6.07, 6.45) is 3.08. The average Bonchev–Trinajstić information content (AvgIpc) is 2.75. The second-order valence-corrected chi connectivity index (χ2v) is 4.27. The highest BCUT2D eigenvalue weighted by molar-refractivity contribution is 6.34. The Bertz CT molecular complexity index is 792. The van der Waals surface area contributed by atoms with Crippen LogP contribution < -0.4 is 10.4 Å². The number of fused-ring (bicyclic) bond motifs is 1. The standard InChI is InChI=1S/C12H9ClN4O2/c1-19-11-3-2-7(5-14-11)9-4-8(13)10-6-15-12(18)16-17(9)10/h2-6H,1H3,(H,16,18). The van der Waals surface area contributed by atoms with Gasteiger partial charge in [-0.05, 0) is 12.1 Å². The number of pyridine rings is 1. The van der Waals surface area contributed by atoms with Crippen molar-refractivity contribution in [3.63, 3.8) is 0 Å². The Kier molecular flexibility index (Phi) is 2.72. The third kappa shape index (κ3) is 1.96. The Morgan fingerprint density at radius 1 is 1.32 bits per heavy atom. The van der Waals surface area contributed by atoms with E-state index in [2.05, 4.69) is 15.1 Å². The van der Waals surface area contributed by atoms with Crippen LogP contribution in [-0.4, -0.2) is 26.7 Å². The van der Waals surface area contributed by atoms with E-state index in [1.165, 1.54) is 6.20 Å². The fourth-order valence-electron chi connectivity index (χ4n) is 1.84. The molecule has 0 amide bonds. The Morgan fingerprint density at radius 2 is 2.16 bits per heavy atom. The van der Waals surface area contributed by atoms with Crippen LogP contribution in [0.5, 0.6) is 5.88 Å². The average molecular weight is 277 g/mol. The molecule has 6 nitrogen and oxygen atoms in total. The van der Waals surface area contributed by atoms with Gasteiger partial charge in [0.2, 0.25) is 5.88 Å². The highest BCUT2D eigenvalue weighted by Crippen LogP contribution is 2.27. The molecule has 3 rings (SSSR count). The molecule has 0 aliphatic heterocycles. The predicted octanol–water partition coefficient (Wildman–Crippen LogP) is 1.75. The third-order valence-electron chi connectivity index (χ3n) is 2.74.